The zero-order valence-electron chi connectivity index (χ0n) is 18.7. The molecule has 1 saturated heterocycles. The monoisotopic (exact) mass is 479 g/mol. The molecule has 1 atom stereocenters. The van der Waals surface area contributed by atoms with Crippen molar-refractivity contribution in [2.45, 2.75) is 19.4 Å². The third-order valence-corrected chi connectivity index (χ3v) is 6.45. The van der Waals surface area contributed by atoms with Gasteiger partial charge in [-0.05, 0) is 42.7 Å². The number of amides is 3. The van der Waals surface area contributed by atoms with E-state index in [2.05, 4.69) is 20.8 Å². The van der Waals surface area contributed by atoms with Gasteiger partial charge in [0.2, 0.25) is 15.9 Å². The molecule has 9 nitrogen and oxygen atoms in total. The van der Waals surface area contributed by atoms with Gasteiger partial charge in [-0.3, -0.25) is 14.4 Å². The summed E-state index contributed by atoms with van der Waals surface area (Å²) in [5.74, 6) is -0.367. The van der Waals surface area contributed by atoms with E-state index >= 15 is 0 Å². The lowest BCUT2D eigenvalue weighted by molar-refractivity contribution is -0.126. The molecule has 0 unspecified atom stereocenters. The second kappa shape index (κ2) is 10.9. The van der Waals surface area contributed by atoms with E-state index in [4.69, 9.17) is 4.74 Å². The summed E-state index contributed by atoms with van der Waals surface area (Å²) in [7, 11) is 1.61. The van der Waals surface area contributed by atoms with Crippen LogP contribution in [0.4, 0.5) is 5.69 Å². The van der Waals surface area contributed by atoms with Crippen LogP contribution in [-0.4, -0.2) is 53.0 Å². The predicted octanol–water partition coefficient (Wildman–Crippen LogP) is 2.97. The quantitative estimate of drug-likeness (QED) is 0.539. The first-order valence-electron chi connectivity index (χ1n) is 10.9. The van der Waals surface area contributed by atoms with Gasteiger partial charge in [-0.25, -0.2) is 0 Å². The normalized spacial score (nSPS) is 15.4. The molecule has 0 aliphatic carbocycles. The number of likely N-dealkylation sites (tertiary alicyclic amines) is 1. The fourth-order valence-corrected chi connectivity index (χ4v) is 4.40. The number of anilines is 1. The van der Waals surface area contributed by atoms with Crippen LogP contribution < -0.4 is 15.4 Å². The molecule has 3 aromatic rings. The number of piperidine rings is 1. The van der Waals surface area contributed by atoms with E-state index in [-0.39, 0.29) is 27.7 Å². The van der Waals surface area contributed by atoms with Crippen LogP contribution >= 0.6 is 11.3 Å². The number of nitrogens with one attached hydrogen (secondary N) is 2. The summed E-state index contributed by atoms with van der Waals surface area (Å²) in [4.78, 5) is 39.7. The Morgan fingerprint density at radius 2 is 1.79 bits per heavy atom. The molecule has 1 aliphatic rings. The average Bonchev–Trinajstić information content (AvgIpc) is 3.38. The lowest BCUT2D eigenvalue weighted by Gasteiger charge is -2.31. The van der Waals surface area contributed by atoms with Gasteiger partial charge in [0.25, 0.3) is 11.8 Å². The van der Waals surface area contributed by atoms with Gasteiger partial charge in [-0.15, -0.1) is 10.2 Å². The molecule has 10 heteroatoms. The maximum Gasteiger partial charge on any atom is 0.286 e. The molecule has 3 amide bonds. The average molecular weight is 480 g/mol. The summed E-state index contributed by atoms with van der Waals surface area (Å²) < 4.78 is 5.15. The van der Waals surface area contributed by atoms with Gasteiger partial charge >= 0.3 is 0 Å². The Morgan fingerprint density at radius 1 is 1.06 bits per heavy atom. The number of aromatic nitrogens is 2. The minimum atomic E-state index is -0.419. The van der Waals surface area contributed by atoms with Gasteiger partial charge in [-0.2, -0.15) is 0 Å². The molecule has 0 radical (unpaired) electrons. The van der Waals surface area contributed by atoms with E-state index in [1.165, 1.54) is 0 Å². The lowest BCUT2D eigenvalue weighted by Crippen LogP contribution is -2.45. The van der Waals surface area contributed by atoms with Crippen LogP contribution in [0.2, 0.25) is 0 Å². The summed E-state index contributed by atoms with van der Waals surface area (Å²) in [5, 5.41) is 13.7. The Kier molecular flexibility index (Phi) is 7.48. The number of rotatable bonds is 7. The minimum absolute atomic E-state index is 0.0893. The van der Waals surface area contributed by atoms with Gasteiger partial charge in [0.1, 0.15) is 5.75 Å². The van der Waals surface area contributed by atoms with E-state index < -0.39 is 5.91 Å². The number of hydrogen-bond donors (Lipinski definition) is 2. The Balaban J connectivity index is 1.32. The van der Waals surface area contributed by atoms with Crippen molar-refractivity contribution in [2.75, 3.05) is 25.5 Å². The molecule has 2 heterocycles. The molecule has 4 rings (SSSR count). The molecule has 0 spiro atoms. The lowest BCUT2D eigenvalue weighted by atomic mass is 9.97. The second-order valence-electron chi connectivity index (χ2n) is 7.89. The van der Waals surface area contributed by atoms with E-state index in [9.17, 15) is 14.4 Å². The molecule has 2 aromatic carbocycles. The largest absolute Gasteiger partial charge is 0.497 e. The molecular weight excluding hydrogens is 454 g/mol. The molecule has 1 fully saturated rings. The number of benzene rings is 2. The number of carbonyl (C=O) groups is 3. The summed E-state index contributed by atoms with van der Waals surface area (Å²) in [6.45, 7) is 1.24. The maximum atomic E-state index is 13.0. The van der Waals surface area contributed by atoms with Crippen LogP contribution in [0.3, 0.4) is 0 Å². The molecule has 0 bridgehead atoms. The zero-order valence-corrected chi connectivity index (χ0v) is 19.5. The molecule has 176 valence electrons. The highest BCUT2D eigenvalue weighted by Gasteiger charge is 2.30. The number of ether oxygens (including phenoxy) is 1. The number of methoxy groups -OCH3 is 1. The van der Waals surface area contributed by atoms with Crippen molar-refractivity contribution in [3.63, 3.8) is 0 Å². The van der Waals surface area contributed by atoms with Crippen LogP contribution in [0.5, 0.6) is 5.75 Å². The minimum Gasteiger partial charge on any atom is -0.497 e. The molecule has 0 saturated carbocycles. The fraction of sp³-hybridized carbons (Fsp3) is 0.292. The molecular formula is C24H25N5O4S. The Bertz CT molecular complexity index is 1150. The SMILES string of the molecule is COc1ccc(CNC(=O)[C@@H]2CCCN(C(=O)c3nnc(C(=O)Nc4ccccc4)s3)C2)cc1. The number of nitrogens with zero attached hydrogens (tertiary/aromatic N) is 3. The standard InChI is InChI=1S/C24H25N5O4S/c1-33-19-11-9-16(10-12-19)14-25-20(30)17-6-5-13-29(15-17)24(32)23-28-27-22(34-23)21(31)26-18-7-3-2-4-8-18/h2-4,7-12,17H,5-6,13-15H2,1H3,(H,25,30)(H,26,31)/t17-/m1/s1. The first kappa shape index (κ1) is 23.4. The van der Waals surface area contributed by atoms with Gasteiger partial charge in [-0.1, -0.05) is 41.7 Å². The summed E-state index contributed by atoms with van der Waals surface area (Å²) in [6.07, 6.45) is 1.42. The maximum absolute atomic E-state index is 13.0. The third kappa shape index (κ3) is 5.76. The molecule has 1 aliphatic heterocycles. The van der Waals surface area contributed by atoms with Crippen molar-refractivity contribution < 1.29 is 19.1 Å². The van der Waals surface area contributed by atoms with Crippen LogP contribution in [-0.2, 0) is 11.3 Å². The zero-order chi connectivity index (χ0) is 23.9. The van der Waals surface area contributed by atoms with Gasteiger partial charge in [0.15, 0.2) is 0 Å². The summed E-state index contributed by atoms with van der Waals surface area (Å²) in [5.41, 5.74) is 1.60. The van der Waals surface area contributed by atoms with Crippen LogP contribution in [0, 0.1) is 5.92 Å². The summed E-state index contributed by atoms with van der Waals surface area (Å²) in [6, 6.07) is 16.5. The smallest absolute Gasteiger partial charge is 0.286 e. The summed E-state index contributed by atoms with van der Waals surface area (Å²) >= 11 is 0.946. The molecule has 1 aromatic heterocycles. The van der Waals surface area contributed by atoms with Crippen LogP contribution in [0.15, 0.2) is 54.6 Å². The van der Waals surface area contributed by atoms with Crippen molar-refractivity contribution in [1.29, 1.82) is 0 Å². The number of hydrogen-bond acceptors (Lipinski definition) is 7. The van der Waals surface area contributed by atoms with Crippen molar-refractivity contribution in [3.8, 4) is 5.75 Å². The highest BCUT2D eigenvalue weighted by atomic mass is 32.1. The van der Waals surface area contributed by atoms with E-state index in [0.29, 0.717) is 38.2 Å². The third-order valence-electron chi connectivity index (χ3n) is 5.54. The van der Waals surface area contributed by atoms with Crippen molar-refractivity contribution in [1.82, 2.24) is 20.4 Å². The van der Waals surface area contributed by atoms with Crippen molar-refractivity contribution in [3.05, 3.63) is 70.2 Å². The van der Waals surface area contributed by atoms with Crippen LogP contribution in [0.25, 0.3) is 0 Å². The topological polar surface area (TPSA) is 114 Å². The molecule has 2 N–H and O–H groups in total. The fourth-order valence-electron chi connectivity index (χ4n) is 3.70. The van der Waals surface area contributed by atoms with Crippen LogP contribution in [0.1, 0.15) is 38.0 Å². The molecule has 34 heavy (non-hydrogen) atoms. The predicted molar refractivity (Wildman–Crippen MR) is 128 cm³/mol. The van der Waals surface area contributed by atoms with E-state index in [0.717, 1.165) is 22.6 Å². The highest BCUT2D eigenvalue weighted by Crippen LogP contribution is 2.21. The second-order valence-corrected chi connectivity index (χ2v) is 8.87. The number of para-hydroxylation sites is 1. The van der Waals surface area contributed by atoms with Gasteiger partial charge < -0.3 is 20.3 Å². The van der Waals surface area contributed by atoms with Crippen molar-refractivity contribution >= 4 is 34.7 Å². The van der Waals surface area contributed by atoms with Gasteiger partial charge in [0, 0.05) is 25.3 Å². The highest BCUT2D eigenvalue weighted by molar-refractivity contribution is 7.15. The van der Waals surface area contributed by atoms with E-state index in [1.54, 1.807) is 24.1 Å². The van der Waals surface area contributed by atoms with E-state index in [1.807, 2.05) is 42.5 Å². The first-order valence-corrected chi connectivity index (χ1v) is 11.7. The van der Waals surface area contributed by atoms with Gasteiger partial charge in [0.05, 0.1) is 13.0 Å². The Hall–Kier alpha value is -3.79. The number of carbonyl (C=O) groups excluding carboxylic acids is 3. The first-order chi connectivity index (χ1) is 16.5. The Morgan fingerprint density at radius 3 is 2.53 bits per heavy atom. The van der Waals surface area contributed by atoms with Crippen molar-refractivity contribution in [2.24, 2.45) is 5.92 Å². The Labute approximate surface area is 201 Å².